The standard InChI is InChI=1S/C24H24N6O2S2/c1-3-29-21(25-27-23(29)33-15-19(31)17-11-7-5-8-12-17)22-26-28-24(30(22)4-2)34-16-20(32)18-13-9-6-10-14-18/h5-14H,3-4,15-16H2,1-2H3. The number of carbonyl (C=O) groups is 2. The summed E-state index contributed by atoms with van der Waals surface area (Å²) in [6.07, 6.45) is 0. The molecule has 0 saturated heterocycles. The van der Waals surface area contributed by atoms with Gasteiger partial charge in [-0.1, -0.05) is 84.2 Å². The van der Waals surface area contributed by atoms with E-state index in [2.05, 4.69) is 20.4 Å². The summed E-state index contributed by atoms with van der Waals surface area (Å²) < 4.78 is 3.87. The Morgan fingerprint density at radius 2 is 1.03 bits per heavy atom. The molecule has 0 N–H and O–H groups in total. The van der Waals surface area contributed by atoms with E-state index in [1.165, 1.54) is 23.5 Å². The van der Waals surface area contributed by atoms with Crippen molar-refractivity contribution in [2.45, 2.75) is 37.2 Å². The maximum absolute atomic E-state index is 12.5. The smallest absolute Gasteiger partial charge is 0.202 e. The number of ketones is 2. The van der Waals surface area contributed by atoms with Crippen molar-refractivity contribution < 1.29 is 9.59 Å². The summed E-state index contributed by atoms with van der Waals surface area (Å²) in [5.41, 5.74) is 1.35. The lowest BCUT2D eigenvalue weighted by Crippen LogP contribution is -2.08. The molecule has 0 atom stereocenters. The van der Waals surface area contributed by atoms with Crippen LogP contribution in [-0.4, -0.2) is 52.6 Å². The summed E-state index contributed by atoms with van der Waals surface area (Å²) in [5.74, 6) is 1.80. The van der Waals surface area contributed by atoms with Crippen LogP contribution in [0, 0.1) is 0 Å². The quantitative estimate of drug-likeness (QED) is 0.223. The molecule has 2 aromatic heterocycles. The van der Waals surface area contributed by atoms with Crippen LogP contribution in [0.2, 0.25) is 0 Å². The summed E-state index contributed by atoms with van der Waals surface area (Å²) in [6.45, 7) is 5.24. The number of Topliss-reactive ketones (excluding diaryl/α,β-unsaturated/α-hetero) is 2. The van der Waals surface area contributed by atoms with Gasteiger partial charge >= 0.3 is 0 Å². The van der Waals surface area contributed by atoms with Crippen molar-refractivity contribution in [2.75, 3.05) is 11.5 Å². The first-order valence-electron chi connectivity index (χ1n) is 10.9. The van der Waals surface area contributed by atoms with Gasteiger partial charge in [0, 0.05) is 24.2 Å². The Hall–Kier alpha value is -3.24. The average Bonchev–Trinajstić information content (AvgIpc) is 3.49. The van der Waals surface area contributed by atoms with E-state index in [0.29, 0.717) is 46.2 Å². The van der Waals surface area contributed by atoms with Gasteiger partial charge < -0.3 is 0 Å². The number of rotatable bonds is 11. The van der Waals surface area contributed by atoms with Crippen LogP contribution in [0.4, 0.5) is 0 Å². The summed E-state index contributed by atoms with van der Waals surface area (Å²) in [4.78, 5) is 25.0. The Morgan fingerprint density at radius 3 is 1.38 bits per heavy atom. The van der Waals surface area contributed by atoms with Crippen LogP contribution >= 0.6 is 23.5 Å². The normalized spacial score (nSPS) is 11.0. The minimum Gasteiger partial charge on any atom is -0.300 e. The molecule has 4 aromatic rings. The first-order valence-corrected chi connectivity index (χ1v) is 12.9. The fourth-order valence-corrected chi connectivity index (χ4v) is 5.16. The minimum absolute atomic E-state index is 0.0382. The third-order valence-corrected chi connectivity index (χ3v) is 7.06. The Kier molecular flexibility index (Phi) is 7.91. The fraction of sp³-hybridized carbons (Fsp3) is 0.250. The largest absolute Gasteiger partial charge is 0.300 e. The SMILES string of the molecule is CCn1c(SCC(=O)c2ccccc2)nnc1-c1nnc(SCC(=O)c2ccccc2)n1CC. The van der Waals surface area contributed by atoms with Crippen LogP contribution in [-0.2, 0) is 13.1 Å². The molecule has 2 aromatic carbocycles. The van der Waals surface area contributed by atoms with E-state index in [9.17, 15) is 9.59 Å². The number of hydrogen-bond acceptors (Lipinski definition) is 8. The van der Waals surface area contributed by atoms with Crippen molar-refractivity contribution in [3.05, 3.63) is 71.8 Å². The van der Waals surface area contributed by atoms with Gasteiger partial charge in [0.25, 0.3) is 0 Å². The molecule has 34 heavy (non-hydrogen) atoms. The van der Waals surface area contributed by atoms with Crippen molar-refractivity contribution in [3.8, 4) is 11.6 Å². The van der Waals surface area contributed by atoms with Crippen LogP contribution in [0.25, 0.3) is 11.6 Å². The highest BCUT2D eigenvalue weighted by Gasteiger charge is 2.22. The molecule has 0 amide bonds. The molecule has 2 heterocycles. The van der Waals surface area contributed by atoms with Gasteiger partial charge in [0.05, 0.1) is 11.5 Å². The Balaban J connectivity index is 1.49. The highest BCUT2D eigenvalue weighted by Crippen LogP contribution is 2.27. The van der Waals surface area contributed by atoms with Crippen LogP contribution in [0.3, 0.4) is 0 Å². The summed E-state index contributed by atoms with van der Waals surface area (Å²) in [7, 11) is 0. The highest BCUT2D eigenvalue weighted by molar-refractivity contribution is 8.00. The molecular formula is C24H24N6O2S2. The Labute approximate surface area is 206 Å². The molecule has 0 unspecified atom stereocenters. The summed E-state index contributed by atoms with van der Waals surface area (Å²) in [5, 5.41) is 18.6. The molecule has 0 aliphatic rings. The molecule has 0 aliphatic heterocycles. The van der Waals surface area contributed by atoms with Crippen molar-refractivity contribution in [3.63, 3.8) is 0 Å². The number of aromatic nitrogens is 6. The van der Waals surface area contributed by atoms with Gasteiger partial charge in [-0.05, 0) is 13.8 Å². The van der Waals surface area contributed by atoms with Crippen molar-refractivity contribution in [2.24, 2.45) is 0 Å². The van der Waals surface area contributed by atoms with Gasteiger partial charge in [0.2, 0.25) is 11.6 Å². The van der Waals surface area contributed by atoms with Crippen molar-refractivity contribution in [1.82, 2.24) is 29.5 Å². The Morgan fingerprint density at radius 1 is 0.647 bits per heavy atom. The number of nitrogens with zero attached hydrogens (tertiary/aromatic N) is 6. The lowest BCUT2D eigenvalue weighted by Gasteiger charge is -2.09. The lowest BCUT2D eigenvalue weighted by molar-refractivity contribution is 0.101. The number of carbonyl (C=O) groups excluding carboxylic acids is 2. The Bertz CT molecular complexity index is 1170. The second kappa shape index (κ2) is 11.3. The van der Waals surface area contributed by atoms with Crippen LogP contribution in [0.15, 0.2) is 71.0 Å². The first kappa shape index (κ1) is 23.9. The van der Waals surface area contributed by atoms with Gasteiger partial charge in [0.1, 0.15) is 0 Å². The molecule has 0 radical (unpaired) electrons. The lowest BCUT2D eigenvalue weighted by atomic mass is 10.2. The zero-order valence-electron chi connectivity index (χ0n) is 18.9. The molecule has 0 spiro atoms. The van der Waals surface area contributed by atoms with Gasteiger partial charge in [-0.25, -0.2) is 0 Å². The number of benzene rings is 2. The van der Waals surface area contributed by atoms with E-state index in [4.69, 9.17) is 0 Å². The third-order valence-electron chi connectivity index (χ3n) is 5.12. The minimum atomic E-state index is 0.0382. The maximum Gasteiger partial charge on any atom is 0.202 e. The predicted molar refractivity (Wildman–Crippen MR) is 133 cm³/mol. The second-order valence-electron chi connectivity index (χ2n) is 7.26. The van der Waals surface area contributed by atoms with Crippen LogP contribution in [0.5, 0.6) is 0 Å². The van der Waals surface area contributed by atoms with E-state index in [1.54, 1.807) is 0 Å². The summed E-state index contributed by atoms with van der Waals surface area (Å²) >= 11 is 2.71. The summed E-state index contributed by atoms with van der Waals surface area (Å²) in [6, 6.07) is 18.4. The fourth-order valence-electron chi connectivity index (χ4n) is 3.37. The van der Waals surface area contributed by atoms with E-state index >= 15 is 0 Å². The molecule has 0 saturated carbocycles. The molecule has 4 rings (SSSR count). The molecule has 10 heteroatoms. The van der Waals surface area contributed by atoms with Crippen LogP contribution < -0.4 is 0 Å². The zero-order chi connectivity index (χ0) is 23.9. The van der Waals surface area contributed by atoms with Gasteiger partial charge in [-0.3, -0.25) is 18.7 Å². The average molecular weight is 493 g/mol. The monoisotopic (exact) mass is 492 g/mol. The van der Waals surface area contributed by atoms with Crippen LogP contribution in [0.1, 0.15) is 34.6 Å². The zero-order valence-corrected chi connectivity index (χ0v) is 20.6. The predicted octanol–water partition coefficient (Wildman–Crippen LogP) is 4.53. The molecule has 0 fully saturated rings. The molecule has 0 aliphatic carbocycles. The van der Waals surface area contributed by atoms with Gasteiger partial charge in [0.15, 0.2) is 21.9 Å². The maximum atomic E-state index is 12.5. The van der Waals surface area contributed by atoms with Crippen molar-refractivity contribution >= 4 is 35.1 Å². The highest BCUT2D eigenvalue weighted by atomic mass is 32.2. The van der Waals surface area contributed by atoms with E-state index < -0.39 is 0 Å². The van der Waals surface area contributed by atoms with E-state index in [0.717, 1.165) is 0 Å². The topological polar surface area (TPSA) is 95.6 Å². The van der Waals surface area contributed by atoms with Gasteiger partial charge in [-0.2, -0.15) is 0 Å². The molecule has 8 nitrogen and oxygen atoms in total. The molecular weight excluding hydrogens is 468 g/mol. The van der Waals surface area contributed by atoms with E-state index in [-0.39, 0.29) is 23.1 Å². The van der Waals surface area contributed by atoms with Crippen molar-refractivity contribution in [1.29, 1.82) is 0 Å². The molecule has 0 bridgehead atoms. The number of hydrogen-bond donors (Lipinski definition) is 0. The second-order valence-corrected chi connectivity index (χ2v) is 9.14. The third kappa shape index (κ3) is 5.28. The molecule has 174 valence electrons. The number of thioether (sulfide) groups is 2. The first-order chi connectivity index (χ1) is 16.6. The van der Waals surface area contributed by atoms with Gasteiger partial charge in [-0.15, -0.1) is 20.4 Å². The van der Waals surface area contributed by atoms with E-state index in [1.807, 2.05) is 83.6 Å².